The van der Waals surface area contributed by atoms with Crippen molar-refractivity contribution in [1.29, 1.82) is 0 Å². The van der Waals surface area contributed by atoms with E-state index in [4.69, 9.17) is 10.5 Å². The number of nitrogens with zero attached hydrogens (tertiary/aromatic N) is 2. The standard InChI is InChI=1S/C17H25N3O/c1-5-14-12(3)19-20(13(14)4)11-16(18)15-9-7-8-10-17(15)21-6-2/h7-10,16H,5-6,11,18H2,1-4H3. The van der Waals surface area contributed by atoms with Crippen LogP contribution in [-0.2, 0) is 13.0 Å². The fourth-order valence-corrected chi connectivity index (χ4v) is 2.78. The Bertz CT molecular complexity index is 604. The van der Waals surface area contributed by atoms with E-state index in [1.165, 1.54) is 11.3 Å². The lowest BCUT2D eigenvalue weighted by Crippen LogP contribution is -2.20. The number of benzene rings is 1. The first-order valence-electron chi connectivity index (χ1n) is 7.58. The highest BCUT2D eigenvalue weighted by Crippen LogP contribution is 2.25. The number of hydrogen-bond donors (Lipinski definition) is 1. The highest BCUT2D eigenvalue weighted by molar-refractivity contribution is 5.36. The molecule has 0 aliphatic heterocycles. The largest absolute Gasteiger partial charge is 0.494 e. The van der Waals surface area contributed by atoms with Crippen molar-refractivity contribution in [3.8, 4) is 5.75 Å². The number of rotatable bonds is 6. The normalized spacial score (nSPS) is 12.4. The number of aryl methyl sites for hydroxylation is 1. The van der Waals surface area contributed by atoms with Crippen molar-refractivity contribution in [3.63, 3.8) is 0 Å². The minimum Gasteiger partial charge on any atom is -0.494 e. The van der Waals surface area contributed by atoms with Crippen LogP contribution >= 0.6 is 0 Å². The van der Waals surface area contributed by atoms with Gasteiger partial charge in [-0.3, -0.25) is 4.68 Å². The highest BCUT2D eigenvalue weighted by atomic mass is 16.5. The van der Waals surface area contributed by atoms with E-state index >= 15 is 0 Å². The molecule has 0 saturated heterocycles. The molecule has 4 heteroatoms. The maximum atomic E-state index is 6.39. The summed E-state index contributed by atoms with van der Waals surface area (Å²) in [5.74, 6) is 0.866. The molecule has 0 bridgehead atoms. The maximum absolute atomic E-state index is 6.39. The van der Waals surface area contributed by atoms with Crippen LogP contribution in [0, 0.1) is 13.8 Å². The molecule has 1 aromatic carbocycles. The average molecular weight is 287 g/mol. The quantitative estimate of drug-likeness (QED) is 0.888. The van der Waals surface area contributed by atoms with Crippen LogP contribution in [0.2, 0.25) is 0 Å². The van der Waals surface area contributed by atoms with Gasteiger partial charge in [-0.15, -0.1) is 0 Å². The third-order valence-electron chi connectivity index (χ3n) is 3.87. The van der Waals surface area contributed by atoms with E-state index in [9.17, 15) is 0 Å². The van der Waals surface area contributed by atoms with Crippen molar-refractivity contribution in [2.45, 2.75) is 46.7 Å². The summed E-state index contributed by atoms with van der Waals surface area (Å²) in [6.45, 7) is 9.62. The molecule has 114 valence electrons. The van der Waals surface area contributed by atoms with Gasteiger partial charge < -0.3 is 10.5 Å². The number of aromatic nitrogens is 2. The van der Waals surface area contributed by atoms with Crippen LogP contribution in [0.4, 0.5) is 0 Å². The Balaban J connectivity index is 2.24. The summed E-state index contributed by atoms with van der Waals surface area (Å²) in [6.07, 6.45) is 1.00. The molecule has 4 nitrogen and oxygen atoms in total. The first-order valence-corrected chi connectivity index (χ1v) is 7.58. The van der Waals surface area contributed by atoms with Crippen molar-refractivity contribution >= 4 is 0 Å². The van der Waals surface area contributed by atoms with Gasteiger partial charge in [0.05, 0.1) is 24.9 Å². The van der Waals surface area contributed by atoms with Gasteiger partial charge in [0.15, 0.2) is 0 Å². The molecule has 1 unspecified atom stereocenters. The summed E-state index contributed by atoms with van der Waals surface area (Å²) in [4.78, 5) is 0. The Hall–Kier alpha value is -1.81. The minimum absolute atomic E-state index is 0.129. The lowest BCUT2D eigenvalue weighted by atomic mass is 10.1. The van der Waals surface area contributed by atoms with Gasteiger partial charge in [0, 0.05) is 11.3 Å². The number of ether oxygens (including phenoxy) is 1. The maximum Gasteiger partial charge on any atom is 0.124 e. The first-order chi connectivity index (χ1) is 10.1. The molecule has 0 spiro atoms. The summed E-state index contributed by atoms with van der Waals surface area (Å²) < 4.78 is 7.68. The van der Waals surface area contributed by atoms with E-state index < -0.39 is 0 Å². The molecule has 2 aromatic rings. The van der Waals surface area contributed by atoms with Crippen LogP contribution in [-0.4, -0.2) is 16.4 Å². The zero-order valence-electron chi connectivity index (χ0n) is 13.4. The van der Waals surface area contributed by atoms with Crippen LogP contribution in [0.25, 0.3) is 0 Å². The van der Waals surface area contributed by atoms with Gasteiger partial charge in [0.25, 0.3) is 0 Å². The van der Waals surface area contributed by atoms with Crippen LogP contribution in [0.1, 0.15) is 42.4 Å². The van der Waals surface area contributed by atoms with Gasteiger partial charge in [0.1, 0.15) is 5.75 Å². The van der Waals surface area contributed by atoms with E-state index in [0.717, 1.165) is 23.4 Å². The van der Waals surface area contributed by atoms with Gasteiger partial charge >= 0.3 is 0 Å². The second-order valence-corrected chi connectivity index (χ2v) is 5.26. The van der Waals surface area contributed by atoms with Crippen LogP contribution < -0.4 is 10.5 Å². The molecule has 21 heavy (non-hydrogen) atoms. The predicted molar refractivity (Wildman–Crippen MR) is 85.6 cm³/mol. The van der Waals surface area contributed by atoms with Crippen molar-refractivity contribution in [2.24, 2.45) is 5.73 Å². The molecule has 1 heterocycles. The Kier molecular flexibility index (Phi) is 5.02. The monoisotopic (exact) mass is 287 g/mol. The predicted octanol–water partition coefficient (Wildman–Crippen LogP) is 3.16. The van der Waals surface area contributed by atoms with Gasteiger partial charge in [-0.25, -0.2) is 0 Å². The van der Waals surface area contributed by atoms with E-state index in [1.54, 1.807) is 0 Å². The first kappa shape index (κ1) is 15.6. The summed E-state index contributed by atoms with van der Waals surface area (Å²) in [6, 6.07) is 7.84. The van der Waals surface area contributed by atoms with Crippen LogP contribution in [0.3, 0.4) is 0 Å². The summed E-state index contributed by atoms with van der Waals surface area (Å²) in [7, 11) is 0. The van der Waals surface area contributed by atoms with Crippen molar-refractivity contribution in [1.82, 2.24) is 9.78 Å². The SMILES string of the molecule is CCOc1ccccc1C(N)Cn1nc(C)c(CC)c1C. The molecular formula is C17H25N3O. The fraction of sp³-hybridized carbons (Fsp3) is 0.471. The molecule has 2 rings (SSSR count). The molecule has 2 N–H and O–H groups in total. The summed E-state index contributed by atoms with van der Waals surface area (Å²) in [5.41, 5.74) is 11.0. The lowest BCUT2D eigenvalue weighted by molar-refractivity contribution is 0.332. The van der Waals surface area contributed by atoms with Gasteiger partial charge in [-0.2, -0.15) is 5.10 Å². The van der Waals surface area contributed by atoms with Gasteiger partial charge in [0.2, 0.25) is 0 Å². The Morgan fingerprint density at radius 1 is 1.24 bits per heavy atom. The van der Waals surface area contributed by atoms with E-state index in [2.05, 4.69) is 25.9 Å². The zero-order chi connectivity index (χ0) is 15.4. The fourth-order valence-electron chi connectivity index (χ4n) is 2.78. The number of hydrogen-bond acceptors (Lipinski definition) is 3. The van der Waals surface area contributed by atoms with Crippen LogP contribution in [0.5, 0.6) is 5.75 Å². The molecule has 0 radical (unpaired) electrons. The van der Waals surface area contributed by atoms with E-state index in [1.807, 2.05) is 35.9 Å². The van der Waals surface area contributed by atoms with Gasteiger partial charge in [-0.05, 0) is 38.8 Å². The number of nitrogens with two attached hydrogens (primary N) is 1. The average Bonchev–Trinajstić information content (AvgIpc) is 2.73. The molecule has 0 saturated carbocycles. The van der Waals surface area contributed by atoms with E-state index in [-0.39, 0.29) is 6.04 Å². The van der Waals surface area contributed by atoms with Crippen molar-refractivity contribution < 1.29 is 4.74 Å². The third kappa shape index (κ3) is 3.27. The second-order valence-electron chi connectivity index (χ2n) is 5.26. The molecule has 0 aliphatic rings. The van der Waals surface area contributed by atoms with Crippen molar-refractivity contribution in [2.75, 3.05) is 6.61 Å². The van der Waals surface area contributed by atoms with Gasteiger partial charge in [-0.1, -0.05) is 25.1 Å². The van der Waals surface area contributed by atoms with Crippen LogP contribution in [0.15, 0.2) is 24.3 Å². The Morgan fingerprint density at radius 3 is 2.57 bits per heavy atom. The smallest absolute Gasteiger partial charge is 0.124 e. The lowest BCUT2D eigenvalue weighted by Gasteiger charge is -2.17. The van der Waals surface area contributed by atoms with E-state index in [0.29, 0.717) is 13.2 Å². The molecule has 0 amide bonds. The molecule has 1 atom stereocenters. The van der Waals surface area contributed by atoms with Crippen molar-refractivity contribution in [3.05, 3.63) is 46.8 Å². The molecule has 1 aromatic heterocycles. The Morgan fingerprint density at radius 2 is 1.95 bits per heavy atom. The summed E-state index contributed by atoms with van der Waals surface area (Å²) >= 11 is 0. The minimum atomic E-state index is -0.129. The molecule has 0 aliphatic carbocycles. The highest BCUT2D eigenvalue weighted by Gasteiger charge is 2.16. The zero-order valence-corrected chi connectivity index (χ0v) is 13.4. The summed E-state index contributed by atoms with van der Waals surface area (Å²) in [5, 5.41) is 4.62. The third-order valence-corrected chi connectivity index (χ3v) is 3.87. The molecular weight excluding hydrogens is 262 g/mol. The molecule has 0 fully saturated rings. The number of para-hydroxylation sites is 1. The Labute approximate surface area is 126 Å². The topological polar surface area (TPSA) is 53.1 Å². The second kappa shape index (κ2) is 6.76.